The summed E-state index contributed by atoms with van der Waals surface area (Å²) in [5.41, 5.74) is 0. The number of hydrogen-bond acceptors (Lipinski definition) is 4. The summed E-state index contributed by atoms with van der Waals surface area (Å²) in [6.07, 6.45) is 5.04. The van der Waals surface area contributed by atoms with E-state index in [1.54, 1.807) is 17.5 Å². The molecule has 0 atom stereocenters. The number of thiophene rings is 1. The maximum Gasteiger partial charge on any atom is 0.141 e. The zero-order chi connectivity index (χ0) is 9.54. The minimum absolute atomic E-state index is 0.507. The summed E-state index contributed by atoms with van der Waals surface area (Å²) >= 11 is 7.59. The van der Waals surface area contributed by atoms with Gasteiger partial charge in [-0.05, 0) is 6.07 Å². The van der Waals surface area contributed by atoms with Gasteiger partial charge in [-0.25, -0.2) is 9.97 Å². The van der Waals surface area contributed by atoms with E-state index in [9.17, 15) is 0 Å². The van der Waals surface area contributed by atoms with Crippen LogP contribution in [-0.4, -0.2) is 15.0 Å². The van der Waals surface area contributed by atoms with E-state index in [2.05, 4.69) is 15.0 Å². The van der Waals surface area contributed by atoms with Gasteiger partial charge >= 0.3 is 0 Å². The predicted molar refractivity (Wildman–Crippen MR) is 57.7 cm³/mol. The van der Waals surface area contributed by atoms with Gasteiger partial charge in [0.2, 0.25) is 0 Å². The molecule has 3 aromatic heterocycles. The van der Waals surface area contributed by atoms with Crippen LogP contribution in [0.15, 0.2) is 24.8 Å². The number of nitrogens with zero attached hydrogens (tertiary/aromatic N) is 3. The minimum atomic E-state index is 0.507. The molecule has 14 heavy (non-hydrogen) atoms. The first-order valence-electron chi connectivity index (χ1n) is 3.99. The normalized spacial score (nSPS) is 11.2. The van der Waals surface area contributed by atoms with Crippen LogP contribution in [0.2, 0.25) is 5.15 Å². The number of aromatic nitrogens is 3. The van der Waals surface area contributed by atoms with Crippen LogP contribution in [0.1, 0.15) is 0 Å². The highest BCUT2D eigenvalue weighted by Crippen LogP contribution is 2.34. The summed E-state index contributed by atoms with van der Waals surface area (Å²) in [6, 6.07) is 1.93. The Bertz CT molecular complexity index is 620. The van der Waals surface area contributed by atoms with Gasteiger partial charge in [-0.3, -0.25) is 4.98 Å². The van der Waals surface area contributed by atoms with Crippen LogP contribution in [0.25, 0.3) is 20.3 Å². The van der Waals surface area contributed by atoms with Crippen molar-refractivity contribution in [3.63, 3.8) is 0 Å². The predicted octanol–water partition coefficient (Wildman–Crippen LogP) is 2.89. The standard InChI is InChI=1S/C9H4ClN3S/c10-8-7-5-1-2-11-3-6(5)14-9(7)13-4-12-8/h1-4H. The van der Waals surface area contributed by atoms with Crippen LogP contribution in [-0.2, 0) is 0 Å². The maximum atomic E-state index is 6.01. The van der Waals surface area contributed by atoms with E-state index in [1.807, 2.05) is 12.3 Å². The number of fused-ring (bicyclic) bond motifs is 3. The Hall–Kier alpha value is -1.26. The summed E-state index contributed by atoms with van der Waals surface area (Å²) in [5, 5.41) is 2.51. The average Bonchev–Trinajstić information content (AvgIpc) is 2.57. The van der Waals surface area contributed by atoms with Gasteiger partial charge in [0, 0.05) is 17.8 Å². The van der Waals surface area contributed by atoms with E-state index in [4.69, 9.17) is 11.6 Å². The number of pyridine rings is 1. The first kappa shape index (κ1) is 8.08. The summed E-state index contributed by atoms with van der Waals surface area (Å²) < 4.78 is 1.09. The zero-order valence-corrected chi connectivity index (χ0v) is 8.51. The largest absolute Gasteiger partial charge is 0.263 e. The Balaban J connectivity index is 2.65. The minimum Gasteiger partial charge on any atom is -0.263 e. The summed E-state index contributed by atoms with van der Waals surface area (Å²) in [6.45, 7) is 0. The van der Waals surface area contributed by atoms with Crippen molar-refractivity contribution in [1.82, 2.24) is 15.0 Å². The molecule has 0 saturated carbocycles. The van der Waals surface area contributed by atoms with E-state index < -0.39 is 0 Å². The Morgan fingerprint density at radius 3 is 3.14 bits per heavy atom. The molecule has 68 valence electrons. The molecule has 0 aliphatic rings. The molecule has 0 fully saturated rings. The maximum absolute atomic E-state index is 6.01. The van der Waals surface area contributed by atoms with E-state index in [1.165, 1.54) is 6.33 Å². The summed E-state index contributed by atoms with van der Waals surface area (Å²) in [5.74, 6) is 0. The topological polar surface area (TPSA) is 38.7 Å². The zero-order valence-electron chi connectivity index (χ0n) is 6.94. The van der Waals surface area contributed by atoms with Crippen LogP contribution in [0, 0.1) is 0 Å². The van der Waals surface area contributed by atoms with Gasteiger partial charge in [0.1, 0.15) is 16.3 Å². The van der Waals surface area contributed by atoms with Crippen molar-refractivity contribution in [2.45, 2.75) is 0 Å². The Morgan fingerprint density at radius 2 is 2.21 bits per heavy atom. The highest BCUT2D eigenvalue weighted by molar-refractivity contribution is 7.25. The smallest absolute Gasteiger partial charge is 0.141 e. The molecule has 0 aliphatic heterocycles. The molecule has 5 heteroatoms. The lowest BCUT2D eigenvalue weighted by atomic mass is 10.2. The molecule has 0 spiro atoms. The fraction of sp³-hybridized carbons (Fsp3) is 0. The van der Waals surface area contributed by atoms with E-state index in [0.29, 0.717) is 5.15 Å². The lowest BCUT2D eigenvalue weighted by Crippen LogP contribution is -1.78. The quantitative estimate of drug-likeness (QED) is 0.548. The number of halogens is 1. The molecule has 0 saturated heterocycles. The molecule has 3 rings (SSSR count). The SMILES string of the molecule is Clc1ncnc2sc3cnccc3c12. The summed E-state index contributed by atoms with van der Waals surface area (Å²) in [7, 11) is 0. The molecule has 3 aromatic rings. The monoisotopic (exact) mass is 221 g/mol. The number of rotatable bonds is 0. The second kappa shape index (κ2) is 2.87. The van der Waals surface area contributed by atoms with Gasteiger partial charge < -0.3 is 0 Å². The number of hydrogen-bond donors (Lipinski definition) is 0. The van der Waals surface area contributed by atoms with Gasteiger partial charge in [-0.2, -0.15) is 0 Å². The molecule has 0 aromatic carbocycles. The van der Waals surface area contributed by atoms with Crippen molar-refractivity contribution in [1.29, 1.82) is 0 Å². The molecule has 0 unspecified atom stereocenters. The third-order valence-electron chi connectivity index (χ3n) is 2.03. The van der Waals surface area contributed by atoms with Crippen molar-refractivity contribution in [2.75, 3.05) is 0 Å². The molecule has 0 bridgehead atoms. The highest BCUT2D eigenvalue weighted by atomic mass is 35.5. The molecule has 3 nitrogen and oxygen atoms in total. The third kappa shape index (κ3) is 1.01. The van der Waals surface area contributed by atoms with Gasteiger partial charge in [-0.1, -0.05) is 11.6 Å². The lowest BCUT2D eigenvalue weighted by molar-refractivity contribution is 1.24. The Kier molecular flexibility index (Phi) is 1.65. The molecule has 0 aliphatic carbocycles. The van der Waals surface area contributed by atoms with Gasteiger partial charge in [0.05, 0.1) is 10.1 Å². The van der Waals surface area contributed by atoms with Crippen molar-refractivity contribution in [2.24, 2.45) is 0 Å². The molecular formula is C9H4ClN3S. The lowest BCUT2D eigenvalue weighted by Gasteiger charge is -1.91. The second-order valence-electron chi connectivity index (χ2n) is 2.82. The van der Waals surface area contributed by atoms with Crippen molar-refractivity contribution >= 4 is 43.2 Å². The third-order valence-corrected chi connectivity index (χ3v) is 3.36. The van der Waals surface area contributed by atoms with E-state index >= 15 is 0 Å². The highest BCUT2D eigenvalue weighted by Gasteiger charge is 2.09. The second-order valence-corrected chi connectivity index (χ2v) is 4.21. The molecule has 3 heterocycles. The molecule has 0 radical (unpaired) electrons. The molecular weight excluding hydrogens is 218 g/mol. The van der Waals surface area contributed by atoms with Crippen molar-refractivity contribution in [3.05, 3.63) is 29.9 Å². The molecule has 0 amide bonds. The van der Waals surface area contributed by atoms with E-state index in [-0.39, 0.29) is 0 Å². The van der Waals surface area contributed by atoms with E-state index in [0.717, 1.165) is 20.3 Å². The van der Waals surface area contributed by atoms with Crippen LogP contribution in [0.5, 0.6) is 0 Å². The molecule has 0 N–H and O–H groups in total. The Morgan fingerprint density at radius 1 is 1.29 bits per heavy atom. The van der Waals surface area contributed by atoms with Crippen LogP contribution in [0.3, 0.4) is 0 Å². The van der Waals surface area contributed by atoms with Crippen molar-refractivity contribution < 1.29 is 0 Å². The van der Waals surface area contributed by atoms with Gasteiger partial charge in [0.25, 0.3) is 0 Å². The van der Waals surface area contributed by atoms with Crippen LogP contribution in [0.4, 0.5) is 0 Å². The average molecular weight is 222 g/mol. The fourth-order valence-electron chi connectivity index (χ4n) is 1.43. The first-order chi connectivity index (χ1) is 6.86. The van der Waals surface area contributed by atoms with Gasteiger partial charge in [0.15, 0.2) is 0 Å². The van der Waals surface area contributed by atoms with Crippen LogP contribution < -0.4 is 0 Å². The first-order valence-corrected chi connectivity index (χ1v) is 5.18. The van der Waals surface area contributed by atoms with Crippen molar-refractivity contribution in [3.8, 4) is 0 Å². The summed E-state index contributed by atoms with van der Waals surface area (Å²) in [4.78, 5) is 13.1. The van der Waals surface area contributed by atoms with Crippen LogP contribution >= 0.6 is 22.9 Å². The Labute approximate surface area is 88.4 Å². The fourth-order valence-corrected chi connectivity index (χ4v) is 2.73. The van der Waals surface area contributed by atoms with Gasteiger partial charge in [-0.15, -0.1) is 11.3 Å².